The number of piperidine rings is 2. The molecular formula is C25H39N3. The third-order valence-corrected chi connectivity index (χ3v) is 8.33. The third kappa shape index (κ3) is 3.91. The molecule has 1 N–H and O–H groups in total. The lowest BCUT2D eigenvalue weighted by molar-refractivity contribution is 0.0578. The zero-order valence-electron chi connectivity index (χ0n) is 17.7. The predicted octanol–water partition coefficient (Wildman–Crippen LogP) is 4.17. The zero-order chi connectivity index (χ0) is 18.8. The number of hydrogen-bond acceptors (Lipinski definition) is 3. The van der Waals surface area contributed by atoms with Gasteiger partial charge in [0, 0.05) is 31.1 Å². The Labute approximate surface area is 171 Å². The number of nitrogens with zero attached hydrogens (tertiary/aromatic N) is 2. The smallest absolute Gasteiger partial charge is 0.0237 e. The van der Waals surface area contributed by atoms with Crippen LogP contribution in [0.25, 0.3) is 0 Å². The Bertz CT molecular complexity index is 637. The van der Waals surface area contributed by atoms with Crippen molar-refractivity contribution in [3.05, 3.63) is 35.4 Å². The molecular weight excluding hydrogens is 342 g/mol. The summed E-state index contributed by atoms with van der Waals surface area (Å²) in [5.74, 6) is 0.950. The maximum atomic E-state index is 3.53. The van der Waals surface area contributed by atoms with E-state index in [0.29, 0.717) is 5.41 Å². The van der Waals surface area contributed by atoms with Gasteiger partial charge in [-0.3, -0.25) is 4.90 Å². The second kappa shape index (κ2) is 8.45. The summed E-state index contributed by atoms with van der Waals surface area (Å²) >= 11 is 0. The second-order valence-corrected chi connectivity index (χ2v) is 10.1. The van der Waals surface area contributed by atoms with E-state index < -0.39 is 0 Å². The van der Waals surface area contributed by atoms with E-state index in [1.54, 1.807) is 11.1 Å². The lowest BCUT2D eigenvalue weighted by Gasteiger charge is -2.51. The molecule has 4 aliphatic rings. The molecule has 0 amide bonds. The molecule has 3 fully saturated rings. The minimum absolute atomic E-state index is 0.410. The second-order valence-electron chi connectivity index (χ2n) is 10.1. The summed E-state index contributed by atoms with van der Waals surface area (Å²) in [4.78, 5) is 5.67. The number of likely N-dealkylation sites (tertiary alicyclic amines) is 1. The third-order valence-electron chi connectivity index (χ3n) is 8.33. The molecule has 0 radical (unpaired) electrons. The standard InChI is InChI=1S/C25H39N3/c1-2-6-21(7-3-1)18-27-19-22-8-4-5-9-24(22)25(20-27)12-16-28(17-13-25)23-10-14-26-15-11-23/h4-5,8-9,21,23,26H,1-3,6-7,10-20H2. The van der Waals surface area contributed by atoms with E-state index in [0.717, 1.165) is 12.0 Å². The van der Waals surface area contributed by atoms with Crippen LogP contribution in [0, 0.1) is 5.92 Å². The molecule has 2 saturated heterocycles. The van der Waals surface area contributed by atoms with Crippen molar-refractivity contribution in [2.75, 3.05) is 39.3 Å². The minimum Gasteiger partial charge on any atom is -0.317 e. The number of rotatable bonds is 3. The van der Waals surface area contributed by atoms with Crippen LogP contribution < -0.4 is 5.32 Å². The summed E-state index contributed by atoms with van der Waals surface area (Å²) in [6, 6.07) is 10.3. The number of hydrogen-bond donors (Lipinski definition) is 1. The molecule has 3 nitrogen and oxygen atoms in total. The van der Waals surface area contributed by atoms with Crippen molar-refractivity contribution in [3.8, 4) is 0 Å². The fourth-order valence-electron chi connectivity index (χ4n) is 6.77. The number of nitrogens with one attached hydrogen (secondary N) is 1. The molecule has 1 aliphatic carbocycles. The van der Waals surface area contributed by atoms with Crippen LogP contribution in [-0.4, -0.2) is 55.1 Å². The van der Waals surface area contributed by atoms with E-state index in [9.17, 15) is 0 Å². The Hall–Kier alpha value is -0.900. The summed E-state index contributed by atoms with van der Waals surface area (Å²) in [5.41, 5.74) is 3.73. The molecule has 1 spiro atoms. The summed E-state index contributed by atoms with van der Waals surface area (Å²) in [7, 11) is 0. The monoisotopic (exact) mass is 381 g/mol. The highest BCUT2D eigenvalue weighted by Gasteiger charge is 2.43. The first-order chi connectivity index (χ1) is 13.8. The highest BCUT2D eigenvalue weighted by molar-refractivity contribution is 5.38. The van der Waals surface area contributed by atoms with Gasteiger partial charge in [0.15, 0.2) is 0 Å². The molecule has 154 valence electrons. The molecule has 0 unspecified atom stereocenters. The van der Waals surface area contributed by atoms with E-state index in [4.69, 9.17) is 0 Å². The van der Waals surface area contributed by atoms with Crippen LogP contribution >= 0.6 is 0 Å². The average Bonchev–Trinajstić information content (AvgIpc) is 2.76. The Kier molecular flexibility index (Phi) is 5.76. The van der Waals surface area contributed by atoms with Crippen LogP contribution in [0.15, 0.2) is 24.3 Å². The first-order valence-electron chi connectivity index (χ1n) is 12.1. The molecule has 1 aromatic rings. The van der Waals surface area contributed by atoms with E-state index in [-0.39, 0.29) is 0 Å². The molecule has 1 saturated carbocycles. The molecule has 3 heterocycles. The van der Waals surface area contributed by atoms with Crippen molar-refractivity contribution in [2.24, 2.45) is 5.92 Å². The minimum atomic E-state index is 0.410. The predicted molar refractivity (Wildman–Crippen MR) is 117 cm³/mol. The van der Waals surface area contributed by atoms with Crippen LogP contribution in [0.2, 0.25) is 0 Å². The van der Waals surface area contributed by atoms with E-state index >= 15 is 0 Å². The fourth-order valence-corrected chi connectivity index (χ4v) is 6.77. The Morgan fingerprint density at radius 2 is 1.68 bits per heavy atom. The summed E-state index contributed by atoms with van der Waals surface area (Å²) < 4.78 is 0. The number of benzene rings is 1. The quantitative estimate of drug-likeness (QED) is 0.848. The van der Waals surface area contributed by atoms with Gasteiger partial charge in [-0.15, -0.1) is 0 Å². The highest BCUT2D eigenvalue weighted by Crippen LogP contribution is 2.43. The van der Waals surface area contributed by atoms with Gasteiger partial charge in [-0.05, 0) is 81.7 Å². The number of fused-ring (bicyclic) bond motifs is 2. The van der Waals surface area contributed by atoms with Crippen molar-refractivity contribution in [3.63, 3.8) is 0 Å². The van der Waals surface area contributed by atoms with E-state index in [1.807, 2.05) is 0 Å². The van der Waals surface area contributed by atoms with E-state index in [1.165, 1.54) is 104 Å². The van der Waals surface area contributed by atoms with Crippen molar-refractivity contribution in [2.45, 2.75) is 75.8 Å². The lowest BCUT2D eigenvalue weighted by Crippen LogP contribution is -2.55. The van der Waals surface area contributed by atoms with Crippen LogP contribution in [0.5, 0.6) is 0 Å². The summed E-state index contributed by atoms with van der Waals surface area (Å²) in [5, 5.41) is 3.53. The van der Waals surface area contributed by atoms with Gasteiger partial charge in [-0.1, -0.05) is 43.5 Å². The molecule has 28 heavy (non-hydrogen) atoms. The highest BCUT2D eigenvalue weighted by atomic mass is 15.2. The molecule has 0 bridgehead atoms. The fraction of sp³-hybridized carbons (Fsp3) is 0.760. The molecule has 0 aromatic heterocycles. The van der Waals surface area contributed by atoms with Gasteiger partial charge in [-0.25, -0.2) is 0 Å². The SMILES string of the molecule is c1ccc2c(c1)CN(CC1CCCCC1)CC21CCN(C2CCNCC2)CC1. The van der Waals surface area contributed by atoms with Gasteiger partial charge < -0.3 is 10.2 Å². The van der Waals surface area contributed by atoms with Gasteiger partial charge in [0.05, 0.1) is 0 Å². The lowest BCUT2D eigenvalue weighted by atomic mass is 9.68. The summed E-state index contributed by atoms with van der Waals surface area (Å²) in [6.07, 6.45) is 12.7. The van der Waals surface area contributed by atoms with Gasteiger partial charge in [0.1, 0.15) is 0 Å². The maximum absolute atomic E-state index is 3.53. The largest absolute Gasteiger partial charge is 0.317 e. The molecule has 1 aromatic carbocycles. The summed E-state index contributed by atoms with van der Waals surface area (Å²) in [6.45, 7) is 8.86. The molecule has 0 atom stereocenters. The Morgan fingerprint density at radius 3 is 2.46 bits per heavy atom. The van der Waals surface area contributed by atoms with Crippen LogP contribution in [-0.2, 0) is 12.0 Å². The molecule has 5 rings (SSSR count). The first kappa shape index (κ1) is 19.1. The van der Waals surface area contributed by atoms with Gasteiger partial charge >= 0.3 is 0 Å². The topological polar surface area (TPSA) is 18.5 Å². The molecule has 3 aliphatic heterocycles. The van der Waals surface area contributed by atoms with Crippen molar-refractivity contribution in [1.82, 2.24) is 15.1 Å². The Morgan fingerprint density at radius 1 is 0.929 bits per heavy atom. The van der Waals surface area contributed by atoms with Gasteiger partial charge in [0.25, 0.3) is 0 Å². The van der Waals surface area contributed by atoms with Crippen LogP contribution in [0.1, 0.15) is 68.9 Å². The van der Waals surface area contributed by atoms with Gasteiger partial charge in [0.2, 0.25) is 0 Å². The van der Waals surface area contributed by atoms with Crippen LogP contribution in [0.4, 0.5) is 0 Å². The molecule has 3 heteroatoms. The van der Waals surface area contributed by atoms with E-state index in [2.05, 4.69) is 39.4 Å². The van der Waals surface area contributed by atoms with Crippen molar-refractivity contribution >= 4 is 0 Å². The maximum Gasteiger partial charge on any atom is 0.0237 e. The van der Waals surface area contributed by atoms with Gasteiger partial charge in [-0.2, -0.15) is 0 Å². The van der Waals surface area contributed by atoms with Crippen molar-refractivity contribution in [1.29, 1.82) is 0 Å². The van der Waals surface area contributed by atoms with Crippen LogP contribution in [0.3, 0.4) is 0 Å². The normalized spacial score (nSPS) is 27.7. The first-order valence-corrected chi connectivity index (χ1v) is 12.1. The Balaban J connectivity index is 1.31. The average molecular weight is 382 g/mol. The van der Waals surface area contributed by atoms with Crippen molar-refractivity contribution < 1.29 is 0 Å². The zero-order valence-corrected chi connectivity index (χ0v) is 17.7.